The second-order valence-corrected chi connectivity index (χ2v) is 11.4. The van der Waals surface area contributed by atoms with E-state index in [4.69, 9.17) is 24.1 Å². The summed E-state index contributed by atoms with van der Waals surface area (Å²) in [7, 11) is 0. The highest BCUT2D eigenvalue weighted by atomic mass is 16.6. The molecule has 44 heavy (non-hydrogen) atoms. The zero-order valence-corrected chi connectivity index (χ0v) is 25.0. The van der Waals surface area contributed by atoms with E-state index in [1.807, 2.05) is 48.5 Å². The summed E-state index contributed by atoms with van der Waals surface area (Å²) in [6, 6.07) is 21.4. The van der Waals surface area contributed by atoms with Crippen LogP contribution in [0.25, 0.3) is 11.1 Å². The number of ether oxygens (including phenoxy) is 4. The van der Waals surface area contributed by atoms with E-state index in [1.165, 1.54) is 0 Å². The summed E-state index contributed by atoms with van der Waals surface area (Å²) in [5, 5.41) is 11.3. The van der Waals surface area contributed by atoms with Gasteiger partial charge in [0.25, 0.3) is 0 Å². The largest absolute Gasteiger partial charge is 0.493 e. The van der Waals surface area contributed by atoms with Crippen LogP contribution in [0.15, 0.2) is 72.8 Å². The van der Waals surface area contributed by atoms with Crippen molar-refractivity contribution in [3.8, 4) is 16.9 Å². The van der Waals surface area contributed by atoms with Gasteiger partial charge in [-0.05, 0) is 67.1 Å². The quantitative estimate of drug-likeness (QED) is 0.189. The monoisotopic (exact) mass is 603 g/mol. The van der Waals surface area contributed by atoms with Crippen molar-refractivity contribution in [2.45, 2.75) is 64.2 Å². The average molecular weight is 604 g/mol. The molecule has 3 aromatic rings. The normalized spacial score (nSPS) is 12.8. The van der Waals surface area contributed by atoms with Crippen molar-refractivity contribution < 1.29 is 43.2 Å². The van der Waals surface area contributed by atoms with Crippen LogP contribution in [-0.2, 0) is 35.2 Å². The molecule has 2 N–H and O–H groups in total. The van der Waals surface area contributed by atoms with Gasteiger partial charge in [0.15, 0.2) is 0 Å². The van der Waals surface area contributed by atoms with Gasteiger partial charge < -0.3 is 29.4 Å². The molecule has 3 aromatic carbocycles. The van der Waals surface area contributed by atoms with E-state index in [2.05, 4.69) is 5.32 Å². The number of aliphatic carboxylic acids is 1. The van der Waals surface area contributed by atoms with Crippen LogP contribution in [0.5, 0.6) is 5.75 Å². The standard InChI is InChI=1S/C34H37NO9/c1-34(2,3)44-31(38)17-16-29(32(39)42-20-22-12-14-23(15-13-22)41-19-18-30(36)37)35-33(40)43-21-28-26-10-6-4-8-24(26)25-9-5-7-11-27(25)28/h4-15,28-29H,16-21H2,1-3H3,(H,35,40)(H,36,37)/t29-/m0/s1. The van der Waals surface area contributed by atoms with Crippen molar-refractivity contribution in [3.63, 3.8) is 0 Å². The van der Waals surface area contributed by atoms with Gasteiger partial charge in [0.1, 0.15) is 30.6 Å². The lowest BCUT2D eigenvalue weighted by Gasteiger charge is -2.21. The van der Waals surface area contributed by atoms with E-state index in [-0.39, 0.29) is 45.0 Å². The minimum atomic E-state index is -1.16. The van der Waals surface area contributed by atoms with E-state index in [0.717, 1.165) is 22.3 Å². The van der Waals surface area contributed by atoms with Crippen LogP contribution in [0.4, 0.5) is 4.79 Å². The zero-order chi connectivity index (χ0) is 31.7. The van der Waals surface area contributed by atoms with Gasteiger partial charge in [0, 0.05) is 12.3 Å². The third-order valence-corrected chi connectivity index (χ3v) is 6.87. The van der Waals surface area contributed by atoms with Crippen molar-refractivity contribution in [2.75, 3.05) is 13.2 Å². The minimum Gasteiger partial charge on any atom is -0.493 e. The van der Waals surface area contributed by atoms with Crippen LogP contribution in [-0.4, -0.2) is 54.0 Å². The first kappa shape index (κ1) is 32.1. The van der Waals surface area contributed by atoms with Crippen molar-refractivity contribution in [2.24, 2.45) is 0 Å². The number of rotatable bonds is 13. The third kappa shape index (κ3) is 9.07. The Morgan fingerprint density at radius 3 is 2.05 bits per heavy atom. The number of hydrogen-bond donors (Lipinski definition) is 2. The Kier molecular flexibility index (Phi) is 10.6. The molecule has 0 heterocycles. The summed E-state index contributed by atoms with van der Waals surface area (Å²) in [4.78, 5) is 49.1. The van der Waals surface area contributed by atoms with Gasteiger partial charge in [-0.2, -0.15) is 0 Å². The Balaban J connectivity index is 1.36. The lowest BCUT2D eigenvalue weighted by molar-refractivity contribution is -0.155. The summed E-state index contributed by atoms with van der Waals surface area (Å²) >= 11 is 0. The van der Waals surface area contributed by atoms with Gasteiger partial charge in [0.2, 0.25) is 0 Å². The molecule has 10 nitrogen and oxygen atoms in total. The maximum absolute atomic E-state index is 13.1. The maximum Gasteiger partial charge on any atom is 0.407 e. The molecule has 0 saturated carbocycles. The number of carboxylic acids is 1. The van der Waals surface area contributed by atoms with Crippen molar-refractivity contribution in [1.29, 1.82) is 0 Å². The molecule has 4 rings (SSSR count). The summed E-state index contributed by atoms with van der Waals surface area (Å²) in [6.07, 6.45) is -1.10. The van der Waals surface area contributed by atoms with Gasteiger partial charge in [0.05, 0.1) is 13.0 Å². The van der Waals surface area contributed by atoms with Crippen LogP contribution >= 0.6 is 0 Å². The molecule has 0 aliphatic heterocycles. The van der Waals surface area contributed by atoms with E-state index in [0.29, 0.717) is 11.3 Å². The lowest BCUT2D eigenvalue weighted by Crippen LogP contribution is -2.43. The number of benzene rings is 3. The Hall–Kier alpha value is -4.86. The summed E-state index contributed by atoms with van der Waals surface area (Å²) in [5.74, 6) is -1.88. The first-order chi connectivity index (χ1) is 21.0. The Labute approximate surface area is 256 Å². The Morgan fingerprint density at radius 1 is 0.841 bits per heavy atom. The first-order valence-corrected chi connectivity index (χ1v) is 14.4. The highest BCUT2D eigenvalue weighted by molar-refractivity contribution is 5.83. The first-order valence-electron chi connectivity index (χ1n) is 14.4. The topological polar surface area (TPSA) is 137 Å². The van der Waals surface area contributed by atoms with Crippen molar-refractivity contribution in [1.82, 2.24) is 5.32 Å². The molecule has 1 atom stereocenters. The molecule has 1 aliphatic carbocycles. The number of alkyl carbamates (subject to hydrolysis) is 1. The fourth-order valence-corrected chi connectivity index (χ4v) is 4.88. The Morgan fingerprint density at radius 2 is 1.45 bits per heavy atom. The van der Waals surface area contributed by atoms with Crippen LogP contribution in [0.3, 0.4) is 0 Å². The van der Waals surface area contributed by atoms with Gasteiger partial charge in [-0.1, -0.05) is 60.7 Å². The van der Waals surface area contributed by atoms with Gasteiger partial charge >= 0.3 is 24.0 Å². The minimum absolute atomic E-state index is 0.0323. The predicted octanol–water partition coefficient (Wildman–Crippen LogP) is 5.61. The fraction of sp³-hybridized carbons (Fsp3) is 0.353. The summed E-state index contributed by atoms with van der Waals surface area (Å²) in [6.45, 7) is 5.23. The van der Waals surface area contributed by atoms with Crippen LogP contribution in [0, 0.1) is 0 Å². The molecule has 0 spiro atoms. The van der Waals surface area contributed by atoms with Gasteiger partial charge in [-0.25, -0.2) is 9.59 Å². The van der Waals surface area contributed by atoms with Gasteiger partial charge in [-0.15, -0.1) is 0 Å². The fourth-order valence-electron chi connectivity index (χ4n) is 4.88. The smallest absolute Gasteiger partial charge is 0.407 e. The molecule has 10 heteroatoms. The second kappa shape index (κ2) is 14.5. The number of esters is 2. The van der Waals surface area contributed by atoms with Crippen LogP contribution in [0.2, 0.25) is 0 Å². The molecule has 0 saturated heterocycles. The summed E-state index contributed by atoms with van der Waals surface area (Å²) < 4.78 is 21.8. The molecule has 0 fully saturated rings. The second-order valence-electron chi connectivity index (χ2n) is 11.4. The zero-order valence-electron chi connectivity index (χ0n) is 25.0. The highest BCUT2D eigenvalue weighted by Gasteiger charge is 2.30. The van der Waals surface area contributed by atoms with E-state index < -0.39 is 35.6 Å². The van der Waals surface area contributed by atoms with Gasteiger partial charge in [-0.3, -0.25) is 9.59 Å². The molecule has 232 valence electrons. The molecule has 0 bridgehead atoms. The third-order valence-electron chi connectivity index (χ3n) is 6.87. The molecular weight excluding hydrogens is 566 g/mol. The molecule has 0 unspecified atom stereocenters. The number of hydrogen-bond acceptors (Lipinski definition) is 8. The molecule has 0 aromatic heterocycles. The number of amides is 1. The SMILES string of the molecule is CC(C)(C)OC(=O)CC[C@H](NC(=O)OCC1c2ccccc2-c2ccccc21)C(=O)OCc1ccc(OCCC(=O)O)cc1. The molecule has 0 radical (unpaired) electrons. The van der Waals surface area contributed by atoms with E-state index >= 15 is 0 Å². The van der Waals surface area contributed by atoms with Crippen molar-refractivity contribution >= 4 is 24.0 Å². The molecule has 1 amide bonds. The molecular formula is C34H37NO9. The predicted molar refractivity (Wildman–Crippen MR) is 161 cm³/mol. The van der Waals surface area contributed by atoms with Crippen LogP contribution in [0.1, 0.15) is 62.6 Å². The lowest BCUT2D eigenvalue weighted by atomic mass is 9.98. The number of carbonyl (C=O) groups excluding carboxylic acids is 3. The van der Waals surface area contributed by atoms with E-state index in [9.17, 15) is 19.2 Å². The number of nitrogens with one attached hydrogen (secondary N) is 1. The Bertz CT molecular complexity index is 1430. The maximum atomic E-state index is 13.1. The summed E-state index contributed by atoms with van der Waals surface area (Å²) in [5.41, 5.74) is 4.25. The number of fused-ring (bicyclic) bond motifs is 3. The molecule has 1 aliphatic rings. The van der Waals surface area contributed by atoms with E-state index in [1.54, 1.807) is 45.0 Å². The van der Waals surface area contributed by atoms with Crippen molar-refractivity contribution in [3.05, 3.63) is 89.5 Å². The number of carbonyl (C=O) groups is 4. The highest BCUT2D eigenvalue weighted by Crippen LogP contribution is 2.44. The van der Waals surface area contributed by atoms with Crippen LogP contribution < -0.4 is 10.1 Å². The average Bonchev–Trinajstić information content (AvgIpc) is 3.30. The number of carboxylic acid groups (broad SMARTS) is 1.